The van der Waals surface area contributed by atoms with Crippen molar-refractivity contribution in [2.45, 2.75) is 12.8 Å². The number of hydrogen-bond donors (Lipinski definition) is 1. The molecule has 2 aromatic carbocycles. The number of carbonyl (C=O) groups excluding carboxylic acids is 1. The molecule has 24 heavy (non-hydrogen) atoms. The van der Waals surface area contributed by atoms with Crippen LogP contribution in [0.4, 0.5) is 15.8 Å². The number of rotatable bonds is 5. The van der Waals surface area contributed by atoms with Gasteiger partial charge in [0.15, 0.2) is 0 Å². The van der Waals surface area contributed by atoms with Gasteiger partial charge in [-0.1, -0.05) is 18.2 Å². The molecule has 1 heterocycles. The second-order valence-electron chi connectivity index (χ2n) is 5.79. The van der Waals surface area contributed by atoms with Gasteiger partial charge in [-0.15, -0.1) is 0 Å². The normalized spacial score (nSPS) is 14.5. The van der Waals surface area contributed by atoms with E-state index >= 15 is 0 Å². The topological polar surface area (TPSA) is 41.6 Å². The summed E-state index contributed by atoms with van der Waals surface area (Å²) in [6, 6.07) is 14.3. The molecule has 1 amide bonds. The van der Waals surface area contributed by atoms with Gasteiger partial charge in [-0.25, -0.2) is 4.39 Å². The molecule has 4 nitrogen and oxygen atoms in total. The van der Waals surface area contributed by atoms with Crippen LogP contribution in [0.3, 0.4) is 0 Å². The molecule has 1 aliphatic heterocycles. The van der Waals surface area contributed by atoms with Crippen LogP contribution in [-0.4, -0.2) is 32.2 Å². The van der Waals surface area contributed by atoms with Crippen LogP contribution >= 0.6 is 0 Å². The number of hydrogen-bond acceptors (Lipinski definition) is 3. The Morgan fingerprint density at radius 2 is 1.79 bits per heavy atom. The third-order valence-corrected chi connectivity index (χ3v) is 4.11. The maximum Gasteiger partial charge on any atom is 0.224 e. The lowest BCUT2D eigenvalue weighted by molar-refractivity contribution is -0.116. The van der Waals surface area contributed by atoms with Crippen molar-refractivity contribution >= 4 is 17.3 Å². The van der Waals surface area contributed by atoms with E-state index in [1.807, 2.05) is 24.3 Å². The van der Waals surface area contributed by atoms with Gasteiger partial charge in [0.2, 0.25) is 5.91 Å². The SMILES string of the molecule is O=C(CCc1ccccc1F)Nc1ccc(N2CCOCC2)cc1. The van der Waals surface area contributed by atoms with Gasteiger partial charge in [-0.05, 0) is 42.3 Å². The van der Waals surface area contributed by atoms with Gasteiger partial charge in [0.05, 0.1) is 13.2 Å². The fraction of sp³-hybridized carbons (Fsp3) is 0.316. The molecular weight excluding hydrogens is 307 g/mol. The van der Waals surface area contributed by atoms with Crippen molar-refractivity contribution in [1.82, 2.24) is 0 Å². The molecule has 0 unspecified atom stereocenters. The zero-order valence-corrected chi connectivity index (χ0v) is 13.5. The van der Waals surface area contributed by atoms with Crippen molar-refractivity contribution in [2.75, 3.05) is 36.5 Å². The molecule has 0 bridgehead atoms. The Kier molecular flexibility index (Phi) is 5.43. The molecular formula is C19H21FN2O2. The highest BCUT2D eigenvalue weighted by Crippen LogP contribution is 2.19. The molecule has 0 radical (unpaired) electrons. The van der Waals surface area contributed by atoms with Gasteiger partial charge in [0.1, 0.15) is 5.82 Å². The summed E-state index contributed by atoms with van der Waals surface area (Å²) < 4.78 is 18.9. The minimum atomic E-state index is -0.264. The first-order valence-corrected chi connectivity index (χ1v) is 8.18. The number of ether oxygens (including phenoxy) is 1. The van der Waals surface area contributed by atoms with E-state index in [-0.39, 0.29) is 18.1 Å². The Bertz CT molecular complexity index is 682. The minimum absolute atomic E-state index is 0.114. The molecule has 3 rings (SSSR count). The summed E-state index contributed by atoms with van der Waals surface area (Å²) in [5, 5.41) is 2.86. The largest absolute Gasteiger partial charge is 0.378 e. The van der Waals surface area contributed by atoms with Crippen molar-refractivity contribution in [3.8, 4) is 0 Å². The Hall–Kier alpha value is -2.40. The highest BCUT2D eigenvalue weighted by molar-refractivity contribution is 5.91. The second-order valence-corrected chi connectivity index (χ2v) is 5.79. The summed E-state index contributed by atoms with van der Waals surface area (Å²) in [6.07, 6.45) is 0.649. The summed E-state index contributed by atoms with van der Waals surface area (Å²) in [7, 11) is 0. The molecule has 1 aliphatic rings. The van der Waals surface area contributed by atoms with Crippen LogP contribution < -0.4 is 10.2 Å². The molecule has 126 valence electrons. The van der Waals surface area contributed by atoms with E-state index in [4.69, 9.17) is 4.74 Å². The van der Waals surface area contributed by atoms with Gasteiger partial charge in [0.25, 0.3) is 0 Å². The summed E-state index contributed by atoms with van der Waals surface area (Å²) in [4.78, 5) is 14.3. The fourth-order valence-corrected chi connectivity index (χ4v) is 2.75. The van der Waals surface area contributed by atoms with Gasteiger partial charge in [-0.3, -0.25) is 4.79 Å². The molecule has 0 atom stereocenters. The van der Waals surface area contributed by atoms with Crippen LogP contribution in [0.1, 0.15) is 12.0 Å². The average molecular weight is 328 g/mol. The van der Waals surface area contributed by atoms with Crippen LogP contribution in [0.2, 0.25) is 0 Å². The van der Waals surface area contributed by atoms with E-state index in [2.05, 4.69) is 10.2 Å². The van der Waals surface area contributed by atoms with E-state index in [1.165, 1.54) is 6.07 Å². The van der Waals surface area contributed by atoms with Gasteiger partial charge >= 0.3 is 0 Å². The molecule has 0 aliphatic carbocycles. The molecule has 1 saturated heterocycles. The highest BCUT2D eigenvalue weighted by atomic mass is 19.1. The lowest BCUT2D eigenvalue weighted by atomic mass is 10.1. The number of amides is 1. The maximum atomic E-state index is 13.5. The quantitative estimate of drug-likeness (QED) is 0.916. The van der Waals surface area contributed by atoms with Crippen molar-refractivity contribution in [3.63, 3.8) is 0 Å². The van der Waals surface area contributed by atoms with E-state index in [0.717, 1.165) is 37.7 Å². The Morgan fingerprint density at radius 1 is 1.08 bits per heavy atom. The standard InChI is InChI=1S/C19H21FN2O2/c20-18-4-2-1-3-15(18)5-10-19(23)21-16-6-8-17(9-7-16)22-11-13-24-14-12-22/h1-4,6-9H,5,10-14H2,(H,21,23). The fourth-order valence-electron chi connectivity index (χ4n) is 2.75. The number of aryl methyl sites for hydroxylation is 1. The lowest BCUT2D eigenvalue weighted by Gasteiger charge is -2.28. The molecule has 5 heteroatoms. The zero-order chi connectivity index (χ0) is 16.8. The maximum absolute atomic E-state index is 13.5. The van der Waals surface area contributed by atoms with Crippen LogP contribution in [0.5, 0.6) is 0 Å². The Morgan fingerprint density at radius 3 is 2.50 bits per heavy atom. The summed E-state index contributed by atoms with van der Waals surface area (Å²) in [5.41, 5.74) is 2.45. The van der Waals surface area contributed by atoms with Crippen molar-refractivity contribution in [3.05, 3.63) is 59.9 Å². The van der Waals surface area contributed by atoms with Gasteiger partial charge in [-0.2, -0.15) is 0 Å². The van der Waals surface area contributed by atoms with Crippen LogP contribution in [-0.2, 0) is 16.0 Å². The molecule has 0 spiro atoms. The van der Waals surface area contributed by atoms with Crippen LogP contribution in [0.25, 0.3) is 0 Å². The number of benzene rings is 2. The third-order valence-electron chi connectivity index (χ3n) is 4.11. The number of carbonyl (C=O) groups is 1. The number of halogens is 1. The first-order valence-electron chi connectivity index (χ1n) is 8.18. The average Bonchev–Trinajstić information content (AvgIpc) is 2.62. The van der Waals surface area contributed by atoms with E-state index in [0.29, 0.717) is 12.0 Å². The Balaban J connectivity index is 1.52. The van der Waals surface area contributed by atoms with Crippen molar-refractivity contribution in [1.29, 1.82) is 0 Å². The minimum Gasteiger partial charge on any atom is -0.378 e. The number of morpholine rings is 1. The number of nitrogens with zero attached hydrogens (tertiary/aromatic N) is 1. The summed E-state index contributed by atoms with van der Waals surface area (Å²) in [5.74, 6) is -0.377. The first-order chi connectivity index (χ1) is 11.7. The second kappa shape index (κ2) is 7.93. The first kappa shape index (κ1) is 16.5. The molecule has 2 aromatic rings. The number of nitrogens with one attached hydrogen (secondary N) is 1. The van der Waals surface area contributed by atoms with Crippen LogP contribution in [0, 0.1) is 5.82 Å². The highest BCUT2D eigenvalue weighted by Gasteiger charge is 2.11. The molecule has 0 aromatic heterocycles. The predicted molar refractivity (Wildman–Crippen MR) is 92.8 cm³/mol. The Labute approximate surface area is 141 Å². The van der Waals surface area contributed by atoms with Crippen molar-refractivity contribution in [2.24, 2.45) is 0 Å². The third kappa shape index (κ3) is 4.32. The van der Waals surface area contributed by atoms with E-state index in [1.54, 1.807) is 18.2 Å². The van der Waals surface area contributed by atoms with Gasteiger partial charge in [0, 0.05) is 30.9 Å². The lowest BCUT2D eigenvalue weighted by Crippen LogP contribution is -2.36. The van der Waals surface area contributed by atoms with Crippen molar-refractivity contribution < 1.29 is 13.9 Å². The number of anilines is 2. The summed E-state index contributed by atoms with van der Waals surface area (Å²) >= 11 is 0. The summed E-state index contributed by atoms with van der Waals surface area (Å²) in [6.45, 7) is 3.26. The zero-order valence-electron chi connectivity index (χ0n) is 13.5. The van der Waals surface area contributed by atoms with E-state index in [9.17, 15) is 9.18 Å². The molecule has 1 fully saturated rings. The predicted octanol–water partition coefficient (Wildman–Crippen LogP) is 3.23. The molecule has 1 N–H and O–H groups in total. The van der Waals surface area contributed by atoms with E-state index < -0.39 is 0 Å². The van der Waals surface area contributed by atoms with Crippen LogP contribution in [0.15, 0.2) is 48.5 Å². The molecule has 0 saturated carbocycles. The smallest absolute Gasteiger partial charge is 0.224 e. The monoisotopic (exact) mass is 328 g/mol. The van der Waals surface area contributed by atoms with Gasteiger partial charge < -0.3 is 15.0 Å².